The SMILES string of the molecule is CC(C)c1cccc(OCC(=O)N[C@H](C)CO)c1. The molecule has 0 unspecified atom stereocenters. The van der Waals surface area contributed by atoms with Crippen molar-refractivity contribution in [1.82, 2.24) is 5.32 Å². The van der Waals surface area contributed by atoms with Crippen LogP contribution in [0.5, 0.6) is 5.75 Å². The fourth-order valence-corrected chi connectivity index (χ4v) is 1.47. The van der Waals surface area contributed by atoms with Crippen molar-refractivity contribution in [2.45, 2.75) is 32.7 Å². The van der Waals surface area contributed by atoms with E-state index in [4.69, 9.17) is 9.84 Å². The Labute approximate surface area is 108 Å². The Kier molecular flexibility index (Phi) is 5.65. The largest absolute Gasteiger partial charge is 0.484 e. The first kappa shape index (κ1) is 14.5. The highest BCUT2D eigenvalue weighted by Gasteiger charge is 2.07. The average Bonchev–Trinajstić information content (AvgIpc) is 2.36. The number of hydrogen-bond donors (Lipinski definition) is 2. The number of benzene rings is 1. The first-order chi connectivity index (χ1) is 8.52. The normalized spacial score (nSPS) is 12.3. The Balaban J connectivity index is 2.48. The van der Waals surface area contributed by atoms with Gasteiger partial charge < -0.3 is 15.2 Å². The number of ether oxygens (including phenoxy) is 1. The van der Waals surface area contributed by atoms with Crippen molar-refractivity contribution in [3.05, 3.63) is 29.8 Å². The first-order valence-electron chi connectivity index (χ1n) is 6.16. The molecule has 1 rings (SSSR count). The summed E-state index contributed by atoms with van der Waals surface area (Å²) >= 11 is 0. The van der Waals surface area contributed by atoms with E-state index in [9.17, 15) is 4.79 Å². The van der Waals surface area contributed by atoms with Crippen molar-refractivity contribution < 1.29 is 14.6 Å². The third-order valence-electron chi connectivity index (χ3n) is 2.58. The van der Waals surface area contributed by atoms with Gasteiger partial charge in [0.15, 0.2) is 6.61 Å². The number of rotatable bonds is 6. The van der Waals surface area contributed by atoms with E-state index in [1.54, 1.807) is 6.92 Å². The van der Waals surface area contributed by atoms with Crippen LogP contribution in [0.1, 0.15) is 32.3 Å². The van der Waals surface area contributed by atoms with Crippen LogP contribution in [0.3, 0.4) is 0 Å². The molecule has 1 aromatic rings. The van der Waals surface area contributed by atoms with Crippen LogP contribution in [-0.2, 0) is 4.79 Å². The number of carbonyl (C=O) groups is 1. The minimum absolute atomic E-state index is 0.0358. The van der Waals surface area contributed by atoms with E-state index in [0.29, 0.717) is 11.7 Å². The molecule has 0 bridgehead atoms. The highest BCUT2D eigenvalue weighted by atomic mass is 16.5. The lowest BCUT2D eigenvalue weighted by Gasteiger charge is -2.12. The molecular formula is C14H21NO3. The average molecular weight is 251 g/mol. The molecule has 100 valence electrons. The maximum absolute atomic E-state index is 11.5. The van der Waals surface area contributed by atoms with E-state index in [-0.39, 0.29) is 25.2 Å². The summed E-state index contributed by atoms with van der Waals surface area (Å²) in [6, 6.07) is 7.47. The van der Waals surface area contributed by atoms with Crippen molar-refractivity contribution in [3.8, 4) is 5.75 Å². The maximum atomic E-state index is 11.5. The smallest absolute Gasteiger partial charge is 0.258 e. The van der Waals surface area contributed by atoms with Gasteiger partial charge in [-0.1, -0.05) is 26.0 Å². The highest BCUT2D eigenvalue weighted by molar-refractivity contribution is 5.77. The van der Waals surface area contributed by atoms with Crippen LogP contribution in [-0.4, -0.2) is 30.3 Å². The molecule has 2 N–H and O–H groups in total. The molecule has 0 heterocycles. The van der Waals surface area contributed by atoms with E-state index in [1.165, 1.54) is 5.56 Å². The number of carbonyl (C=O) groups excluding carboxylic acids is 1. The van der Waals surface area contributed by atoms with Crippen molar-refractivity contribution in [2.24, 2.45) is 0 Å². The fraction of sp³-hybridized carbons (Fsp3) is 0.500. The van der Waals surface area contributed by atoms with Gasteiger partial charge in [0.25, 0.3) is 5.91 Å². The molecule has 0 fully saturated rings. The van der Waals surface area contributed by atoms with Gasteiger partial charge in [0.1, 0.15) is 5.75 Å². The minimum atomic E-state index is -0.247. The molecule has 1 amide bonds. The van der Waals surface area contributed by atoms with Crippen LogP contribution in [0.15, 0.2) is 24.3 Å². The van der Waals surface area contributed by atoms with E-state index in [0.717, 1.165) is 0 Å². The van der Waals surface area contributed by atoms with Crippen molar-refractivity contribution >= 4 is 5.91 Å². The lowest BCUT2D eigenvalue weighted by molar-refractivity contribution is -0.123. The molecule has 0 spiro atoms. The topological polar surface area (TPSA) is 58.6 Å². The van der Waals surface area contributed by atoms with Gasteiger partial charge in [-0.05, 0) is 30.5 Å². The molecule has 0 radical (unpaired) electrons. The predicted molar refractivity (Wildman–Crippen MR) is 70.7 cm³/mol. The van der Waals surface area contributed by atoms with Crippen LogP contribution in [0, 0.1) is 0 Å². The molecule has 4 heteroatoms. The molecule has 0 aliphatic rings. The number of aliphatic hydroxyl groups excluding tert-OH is 1. The number of hydrogen-bond acceptors (Lipinski definition) is 3. The second-order valence-corrected chi connectivity index (χ2v) is 4.67. The quantitative estimate of drug-likeness (QED) is 0.809. The maximum Gasteiger partial charge on any atom is 0.258 e. The third-order valence-corrected chi connectivity index (χ3v) is 2.58. The number of nitrogens with one attached hydrogen (secondary N) is 1. The third kappa shape index (κ3) is 4.75. The summed E-state index contributed by atoms with van der Waals surface area (Å²) in [6.07, 6.45) is 0. The van der Waals surface area contributed by atoms with E-state index in [2.05, 4.69) is 19.2 Å². The molecule has 4 nitrogen and oxygen atoms in total. The Morgan fingerprint density at radius 2 is 2.11 bits per heavy atom. The molecular weight excluding hydrogens is 230 g/mol. The van der Waals surface area contributed by atoms with Gasteiger partial charge in [-0.25, -0.2) is 0 Å². The van der Waals surface area contributed by atoms with Crippen LogP contribution >= 0.6 is 0 Å². The Bertz CT molecular complexity index is 390. The van der Waals surface area contributed by atoms with Crippen molar-refractivity contribution in [2.75, 3.05) is 13.2 Å². The fourth-order valence-electron chi connectivity index (χ4n) is 1.47. The first-order valence-corrected chi connectivity index (χ1v) is 6.16. The summed E-state index contributed by atoms with van der Waals surface area (Å²) in [5.74, 6) is 0.885. The summed E-state index contributed by atoms with van der Waals surface area (Å²) in [5, 5.41) is 11.4. The Morgan fingerprint density at radius 3 is 2.72 bits per heavy atom. The highest BCUT2D eigenvalue weighted by Crippen LogP contribution is 2.19. The monoisotopic (exact) mass is 251 g/mol. The van der Waals surface area contributed by atoms with Gasteiger partial charge in [-0.2, -0.15) is 0 Å². The van der Waals surface area contributed by atoms with Crippen LogP contribution in [0.4, 0.5) is 0 Å². The Hall–Kier alpha value is -1.55. The second kappa shape index (κ2) is 7.01. The zero-order valence-corrected chi connectivity index (χ0v) is 11.1. The van der Waals surface area contributed by atoms with Crippen LogP contribution in [0.2, 0.25) is 0 Å². The van der Waals surface area contributed by atoms with Gasteiger partial charge in [0, 0.05) is 6.04 Å². The summed E-state index contributed by atoms with van der Waals surface area (Å²) < 4.78 is 5.41. The van der Waals surface area contributed by atoms with Crippen molar-refractivity contribution in [3.63, 3.8) is 0 Å². The number of amides is 1. The van der Waals surface area contributed by atoms with Crippen LogP contribution < -0.4 is 10.1 Å². The molecule has 18 heavy (non-hydrogen) atoms. The number of aliphatic hydroxyl groups is 1. The van der Waals surface area contributed by atoms with E-state index < -0.39 is 0 Å². The van der Waals surface area contributed by atoms with Gasteiger partial charge in [0.2, 0.25) is 0 Å². The van der Waals surface area contributed by atoms with E-state index >= 15 is 0 Å². The van der Waals surface area contributed by atoms with Gasteiger partial charge in [-0.3, -0.25) is 4.79 Å². The minimum Gasteiger partial charge on any atom is -0.484 e. The predicted octanol–water partition coefficient (Wildman–Crippen LogP) is 1.69. The molecule has 1 aromatic carbocycles. The standard InChI is InChI=1S/C14H21NO3/c1-10(2)12-5-4-6-13(7-12)18-9-14(17)15-11(3)8-16/h4-7,10-11,16H,8-9H2,1-3H3,(H,15,17)/t11-/m1/s1. The molecule has 1 atom stereocenters. The van der Waals surface area contributed by atoms with Gasteiger partial charge >= 0.3 is 0 Å². The summed E-state index contributed by atoms with van der Waals surface area (Å²) in [4.78, 5) is 11.5. The van der Waals surface area contributed by atoms with E-state index in [1.807, 2.05) is 24.3 Å². The zero-order valence-electron chi connectivity index (χ0n) is 11.1. The summed E-state index contributed by atoms with van der Waals surface area (Å²) in [5.41, 5.74) is 1.18. The lowest BCUT2D eigenvalue weighted by atomic mass is 10.0. The van der Waals surface area contributed by atoms with Crippen LogP contribution in [0.25, 0.3) is 0 Å². The molecule has 0 aromatic heterocycles. The molecule has 0 saturated carbocycles. The second-order valence-electron chi connectivity index (χ2n) is 4.67. The van der Waals surface area contributed by atoms with Gasteiger partial charge in [0.05, 0.1) is 6.61 Å². The molecule has 0 saturated heterocycles. The lowest BCUT2D eigenvalue weighted by Crippen LogP contribution is -2.38. The zero-order chi connectivity index (χ0) is 13.5. The van der Waals surface area contributed by atoms with Crippen molar-refractivity contribution in [1.29, 1.82) is 0 Å². The molecule has 0 aliphatic carbocycles. The Morgan fingerprint density at radius 1 is 1.39 bits per heavy atom. The molecule has 0 aliphatic heterocycles. The van der Waals surface area contributed by atoms with Gasteiger partial charge in [-0.15, -0.1) is 0 Å². The summed E-state index contributed by atoms with van der Waals surface area (Å²) in [6.45, 7) is 5.83. The summed E-state index contributed by atoms with van der Waals surface area (Å²) in [7, 11) is 0.